The molecule has 1 saturated heterocycles. The summed E-state index contributed by atoms with van der Waals surface area (Å²) in [6.45, 7) is 1.61. The number of morpholine rings is 1. The standard InChI is InChI=1S/C29H24Cl2N4O3/c30-25-12-11-22(18-26(25)31)33-28(36)24(29(37)34-13-15-38-16-14-34)17-21-19-32-35(23-9-5-2-6-10-23)27(21)20-7-3-1-4-8-20/h1-12,17-19H,13-16H2,(H,33,36)/b24-17-. The number of hydrogen-bond acceptors (Lipinski definition) is 4. The molecule has 0 saturated carbocycles. The number of carbonyl (C=O) groups excluding carboxylic acids is 2. The third-order valence-corrected chi connectivity index (χ3v) is 6.84. The second kappa shape index (κ2) is 11.6. The second-order valence-electron chi connectivity index (χ2n) is 8.61. The van der Waals surface area contributed by atoms with E-state index in [1.54, 1.807) is 40.1 Å². The van der Waals surface area contributed by atoms with Crippen molar-refractivity contribution in [1.29, 1.82) is 0 Å². The van der Waals surface area contributed by atoms with Crippen LogP contribution in [0.3, 0.4) is 0 Å². The van der Waals surface area contributed by atoms with Crippen LogP contribution in [0.25, 0.3) is 23.0 Å². The van der Waals surface area contributed by atoms with Gasteiger partial charge in [-0.1, -0.05) is 71.7 Å². The van der Waals surface area contributed by atoms with Crippen molar-refractivity contribution >= 4 is 46.8 Å². The summed E-state index contributed by atoms with van der Waals surface area (Å²) < 4.78 is 7.20. The number of para-hydroxylation sites is 1. The lowest BCUT2D eigenvalue weighted by Crippen LogP contribution is -2.43. The summed E-state index contributed by atoms with van der Waals surface area (Å²) in [7, 11) is 0. The fourth-order valence-electron chi connectivity index (χ4n) is 4.21. The average molecular weight is 547 g/mol. The first kappa shape index (κ1) is 25.7. The van der Waals surface area contributed by atoms with E-state index in [2.05, 4.69) is 10.4 Å². The molecule has 4 aromatic rings. The van der Waals surface area contributed by atoms with Crippen molar-refractivity contribution in [2.45, 2.75) is 0 Å². The maximum Gasteiger partial charge on any atom is 0.261 e. The fraction of sp³-hybridized carbons (Fsp3) is 0.138. The zero-order chi connectivity index (χ0) is 26.5. The molecule has 1 fully saturated rings. The molecule has 1 aromatic heterocycles. The third kappa shape index (κ3) is 5.65. The first-order valence-corrected chi connectivity index (χ1v) is 12.8. The summed E-state index contributed by atoms with van der Waals surface area (Å²) in [6, 6.07) is 24.2. The van der Waals surface area contributed by atoms with Crippen LogP contribution in [0.5, 0.6) is 0 Å². The van der Waals surface area contributed by atoms with Crippen LogP contribution in [-0.4, -0.2) is 52.8 Å². The molecular weight excluding hydrogens is 523 g/mol. The van der Waals surface area contributed by atoms with Gasteiger partial charge in [-0.25, -0.2) is 4.68 Å². The van der Waals surface area contributed by atoms with Crippen LogP contribution in [0.4, 0.5) is 5.69 Å². The fourth-order valence-corrected chi connectivity index (χ4v) is 4.50. The van der Waals surface area contributed by atoms with Gasteiger partial charge in [0.05, 0.1) is 40.8 Å². The van der Waals surface area contributed by atoms with Crippen molar-refractivity contribution < 1.29 is 14.3 Å². The lowest BCUT2D eigenvalue weighted by Gasteiger charge is -2.27. The molecule has 3 aromatic carbocycles. The lowest BCUT2D eigenvalue weighted by atomic mass is 10.0. The van der Waals surface area contributed by atoms with Crippen LogP contribution in [0, 0.1) is 0 Å². The Labute approximate surface area is 230 Å². The maximum absolute atomic E-state index is 13.6. The molecule has 0 aliphatic carbocycles. The number of anilines is 1. The van der Waals surface area contributed by atoms with Crippen molar-refractivity contribution in [2.75, 3.05) is 31.6 Å². The molecule has 5 rings (SSSR count). The van der Waals surface area contributed by atoms with Gasteiger partial charge in [0, 0.05) is 29.9 Å². The van der Waals surface area contributed by atoms with Gasteiger partial charge in [0.2, 0.25) is 0 Å². The van der Waals surface area contributed by atoms with Crippen LogP contribution in [0.15, 0.2) is 90.6 Å². The summed E-state index contributed by atoms with van der Waals surface area (Å²) in [4.78, 5) is 28.8. The summed E-state index contributed by atoms with van der Waals surface area (Å²) in [5.41, 5.74) is 3.53. The molecular formula is C29H24Cl2N4O3. The molecule has 2 heterocycles. The molecule has 0 atom stereocenters. The lowest BCUT2D eigenvalue weighted by molar-refractivity contribution is -0.132. The minimum absolute atomic E-state index is 0.0252. The number of amides is 2. The summed E-state index contributed by atoms with van der Waals surface area (Å²) in [6.07, 6.45) is 3.26. The minimum Gasteiger partial charge on any atom is -0.378 e. The largest absolute Gasteiger partial charge is 0.378 e. The molecule has 0 unspecified atom stereocenters. The Morgan fingerprint density at radius 1 is 0.895 bits per heavy atom. The zero-order valence-electron chi connectivity index (χ0n) is 20.3. The van der Waals surface area contributed by atoms with E-state index in [4.69, 9.17) is 27.9 Å². The number of aromatic nitrogens is 2. The smallest absolute Gasteiger partial charge is 0.261 e. The molecule has 1 aliphatic heterocycles. The number of benzene rings is 3. The molecule has 0 bridgehead atoms. The molecule has 0 spiro atoms. The Hall–Kier alpha value is -3.91. The highest BCUT2D eigenvalue weighted by atomic mass is 35.5. The molecule has 7 nitrogen and oxygen atoms in total. The summed E-state index contributed by atoms with van der Waals surface area (Å²) in [5, 5.41) is 8.07. The van der Waals surface area contributed by atoms with Crippen molar-refractivity contribution in [3.63, 3.8) is 0 Å². The van der Waals surface area contributed by atoms with Gasteiger partial charge in [-0.3, -0.25) is 9.59 Å². The van der Waals surface area contributed by atoms with E-state index in [0.717, 1.165) is 16.9 Å². The van der Waals surface area contributed by atoms with Crippen LogP contribution in [0.2, 0.25) is 10.0 Å². The summed E-state index contributed by atoms with van der Waals surface area (Å²) in [5.74, 6) is -0.955. The van der Waals surface area contributed by atoms with Gasteiger partial charge >= 0.3 is 0 Å². The van der Waals surface area contributed by atoms with E-state index in [9.17, 15) is 9.59 Å². The number of hydrogen-bond donors (Lipinski definition) is 1. The number of ether oxygens (including phenoxy) is 1. The van der Waals surface area contributed by atoms with Gasteiger partial charge in [0.15, 0.2) is 0 Å². The Morgan fingerprint density at radius 2 is 1.58 bits per heavy atom. The van der Waals surface area contributed by atoms with Crippen molar-refractivity contribution in [1.82, 2.24) is 14.7 Å². The average Bonchev–Trinajstić information content (AvgIpc) is 3.38. The normalized spacial score (nSPS) is 13.8. The predicted molar refractivity (Wildman–Crippen MR) is 149 cm³/mol. The topological polar surface area (TPSA) is 76.5 Å². The van der Waals surface area contributed by atoms with E-state index in [1.807, 2.05) is 60.7 Å². The van der Waals surface area contributed by atoms with Crippen LogP contribution < -0.4 is 5.32 Å². The van der Waals surface area contributed by atoms with Crippen molar-refractivity contribution in [2.24, 2.45) is 0 Å². The number of rotatable bonds is 6. The quantitative estimate of drug-likeness (QED) is 0.190. The molecule has 2 amide bonds. The van der Waals surface area contributed by atoms with E-state index in [-0.39, 0.29) is 5.57 Å². The van der Waals surface area contributed by atoms with Crippen LogP contribution in [0.1, 0.15) is 5.56 Å². The first-order valence-electron chi connectivity index (χ1n) is 12.1. The number of nitrogens with zero attached hydrogens (tertiary/aromatic N) is 3. The molecule has 38 heavy (non-hydrogen) atoms. The van der Waals surface area contributed by atoms with Crippen LogP contribution >= 0.6 is 23.2 Å². The highest BCUT2D eigenvalue weighted by Gasteiger charge is 2.27. The van der Waals surface area contributed by atoms with Gasteiger partial charge < -0.3 is 15.0 Å². The van der Waals surface area contributed by atoms with E-state index < -0.39 is 11.8 Å². The Morgan fingerprint density at radius 3 is 2.26 bits per heavy atom. The van der Waals surface area contributed by atoms with E-state index in [0.29, 0.717) is 47.6 Å². The van der Waals surface area contributed by atoms with Gasteiger partial charge in [0.25, 0.3) is 11.8 Å². The number of nitrogens with one attached hydrogen (secondary N) is 1. The van der Waals surface area contributed by atoms with Gasteiger partial charge in [-0.2, -0.15) is 5.10 Å². The minimum atomic E-state index is -0.564. The van der Waals surface area contributed by atoms with Gasteiger partial charge in [0.1, 0.15) is 5.57 Å². The van der Waals surface area contributed by atoms with E-state index >= 15 is 0 Å². The first-order chi connectivity index (χ1) is 18.5. The molecule has 1 aliphatic rings. The molecule has 1 N–H and O–H groups in total. The van der Waals surface area contributed by atoms with Crippen LogP contribution in [-0.2, 0) is 14.3 Å². The SMILES string of the molecule is O=C(Nc1ccc(Cl)c(Cl)c1)/C(=C/c1cnn(-c2ccccc2)c1-c1ccccc1)C(=O)N1CCOCC1. The highest BCUT2D eigenvalue weighted by molar-refractivity contribution is 6.42. The third-order valence-electron chi connectivity index (χ3n) is 6.10. The Balaban J connectivity index is 1.60. The molecule has 0 radical (unpaired) electrons. The molecule has 9 heteroatoms. The Kier molecular flexibility index (Phi) is 7.89. The monoisotopic (exact) mass is 546 g/mol. The zero-order valence-corrected chi connectivity index (χ0v) is 21.8. The van der Waals surface area contributed by atoms with Gasteiger partial charge in [-0.15, -0.1) is 0 Å². The molecule has 192 valence electrons. The van der Waals surface area contributed by atoms with Gasteiger partial charge in [-0.05, 0) is 36.4 Å². The predicted octanol–water partition coefficient (Wildman–Crippen LogP) is 5.73. The highest BCUT2D eigenvalue weighted by Crippen LogP contribution is 2.30. The number of carbonyl (C=O) groups is 2. The Bertz CT molecular complexity index is 1480. The second-order valence-corrected chi connectivity index (χ2v) is 9.42. The van der Waals surface area contributed by atoms with E-state index in [1.165, 1.54) is 0 Å². The van der Waals surface area contributed by atoms with Crippen molar-refractivity contribution in [3.8, 4) is 16.9 Å². The number of halogens is 2. The maximum atomic E-state index is 13.6. The van der Waals surface area contributed by atoms with Crippen molar-refractivity contribution in [3.05, 3.63) is 106 Å². The summed E-state index contributed by atoms with van der Waals surface area (Å²) >= 11 is 12.2.